The van der Waals surface area contributed by atoms with Crippen molar-refractivity contribution in [2.24, 2.45) is 0 Å². The third-order valence-electron chi connectivity index (χ3n) is 0.754. The van der Waals surface area contributed by atoms with Crippen molar-refractivity contribution >= 4 is 0 Å². The lowest BCUT2D eigenvalue weighted by Gasteiger charge is -2.06. The second-order valence-electron chi connectivity index (χ2n) is 1.66. The minimum Gasteiger partial charge on any atom is -0.693 e. The van der Waals surface area contributed by atoms with E-state index in [1.54, 1.807) is 13.2 Å². The molecule has 9 heavy (non-hydrogen) atoms. The van der Waals surface area contributed by atoms with Crippen molar-refractivity contribution in [1.82, 2.24) is 0 Å². The minimum absolute atomic E-state index is 0.480. The summed E-state index contributed by atoms with van der Waals surface area (Å²) in [6, 6.07) is 0. The van der Waals surface area contributed by atoms with E-state index >= 15 is 0 Å². The summed E-state index contributed by atoms with van der Waals surface area (Å²) in [7, 11) is 3.20. The summed E-state index contributed by atoms with van der Waals surface area (Å²) >= 11 is 0. The standard InChI is InChI=1S/C6H12NO2/c1-6(4-7-2)5-9-8-3/h4H,5H2,1-3H3/q-1. The monoisotopic (exact) mass is 130 g/mol. The molecule has 0 rings (SSSR count). The molecule has 0 aliphatic heterocycles. The largest absolute Gasteiger partial charge is 0.693 e. The van der Waals surface area contributed by atoms with Crippen LogP contribution in [0.2, 0.25) is 0 Å². The SMILES string of the molecule is C[N-]C=C(C)COOC. The van der Waals surface area contributed by atoms with Gasteiger partial charge >= 0.3 is 0 Å². The van der Waals surface area contributed by atoms with Crippen molar-refractivity contribution < 1.29 is 9.78 Å². The van der Waals surface area contributed by atoms with Gasteiger partial charge in [-0.15, -0.1) is 7.05 Å². The first-order valence-electron chi connectivity index (χ1n) is 2.71. The molecule has 0 aliphatic rings. The Kier molecular flexibility index (Phi) is 5.26. The van der Waals surface area contributed by atoms with Gasteiger partial charge in [0.05, 0.1) is 7.11 Å². The highest BCUT2D eigenvalue weighted by Crippen LogP contribution is 1.95. The maximum absolute atomic E-state index is 4.62. The van der Waals surface area contributed by atoms with E-state index in [0.29, 0.717) is 6.61 Å². The zero-order chi connectivity index (χ0) is 7.11. The molecule has 0 atom stereocenters. The van der Waals surface area contributed by atoms with E-state index in [1.165, 1.54) is 7.11 Å². The van der Waals surface area contributed by atoms with Gasteiger partial charge in [0.15, 0.2) is 0 Å². The summed E-state index contributed by atoms with van der Waals surface area (Å²) in [5.41, 5.74) is 1.04. The summed E-state index contributed by atoms with van der Waals surface area (Å²) in [5, 5.41) is 3.79. The number of hydrogen-bond acceptors (Lipinski definition) is 2. The lowest BCUT2D eigenvalue weighted by atomic mass is 10.4. The number of hydrogen-bond donors (Lipinski definition) is 0. The van der Waals surface area contributed by atoms with Gasteiger partial charge in [0.1, 0.15) is 6.61 Å². The van der Waals surface area contributed by atoms with Gasteiger partial charge in [0.2, 0.25) is 0 Å². The van der Waals surface area contributed by atoms with E-state index in [1.807, 2.05) is 6.92 Å². The van der Waals surface area contributed by atoms with E-state index in [2.05, 4.69) is 15.1 Å². The molecule has 0 saturated carbocycles. The molecule has 3 nitrogen and oxygen atoms in total. The van der Waals surface area contributed by atoms with Gasteiger partial charge in [-0.05, 0) is 6.92 Å². The fraction of sp³-hybridized carbons (Fsp3) is 0.667. The summed E-state index contributed by atoms with van der Waals surface area (Å²) < 4.78 is 0. The molecule has 0 aromatic carbocycles. The molecule has 0 amide bonds. The highest BCUT2D eigenvalue weighted by Gasteiger charge is 1.82. The number of rotatable bonds is 4. The lowest BCUT2D eigenvalue weighted by Crippen LogP contribution is -1.93. The van der Waals surface area contributed by atoms with Crippen molar-refractivity contribution in [3.63, 3.8) is 0 Å². The predicted octanol–water partition coefficient (Wildman–Crippen LogP) is 1.47. The average Bonchev–Trinajstić information content (AvgIpc) is 1.85. The van der Waals surface area contributed by atoms with Crippen molar-refractivity contribution in [1.29, 1.82) is 0 Å². The molecule has 0 heterocycles. The van der Waals surface area contributed by atoms with E-state index in [-0.39, 0.29) is 0 Å². The summed E-state index contributed by atoms with van der Waals surface area (Å²) in [4.78, 5) is 9.00. The molecule has 0 aromatic rings. The van der Waals surface area contributed by atoms with Gasteiger partial charge in [0.25, 0.3) is 0 Å². The van der Waals surface area contributed by atoms with Crippen LogP contribution in [0.1, 0.15) is 6.92 Å². The summed E-state index contributed by atoms with van der Waals surface area (Å²) in [6.07, 6.45) is 1.74. The van der Waals surface area contributed by atoms with Gasteiger partial charge in [-0.2, -0.15) is 6.20 Å². The molecule has 0 aromatic heterocycles. The Morgan fingerprint density at radius 2 is 2.33 bits per heavy atom. The van der Waals surface area contributed by atoms with Crippen LogP contribution < -0.4 is 0 Å². The second kappa shape index (κ2) is 5.59. The Morgan fingerprint density at radius 1 is 1.67 bits per heavy atom. The molecule has 0 radical (unpaired) electrons. The van der Waals surface area contributed by atoms with Crippen molar-refractivity contribution in [3.05, 3.63) is 17.1 Å². The Hall–Kier alpha value is -0.540. The highest BCUT2D eigenvalue weighted by molar-refractivity contribution is 5.06. The van der Waals surface area contributed by atoms with Crippen LogP contribution in [0.3, 0.4) is 0 Å². The average molecular weight is 130 g/mol. The van der Waals surface area contributed by atoms with Crippen LogP contribution in [-0.4, -0.2) is 20.8 Å². The maximum Gasteiger partial charge on any atom is 0.102 e. The fourth-order valence-corrected chi connectivity index (χ4v) is 0.410. The molecular formula is C6H12NO2-. The number of nitrogens with zero attached hydrogens (tertiary/aromatic N) is 1. The molecule has 0 unspecified atom stereocenters. The summed E-state index contributed by atoms with van der Waals surface area (Å²) in [6.45, 7) is 2.40. The maximum atomic E-state index is 4.62. The van der Waals surface area contributed by atoms with Crippen LogP contribution >= 0.6 is 0 Å². The first-order chi connectivity index (χ1) is 4.31. The van der Waals surface area contributed by atoms with Gasteiger partial charge in [-0.3, -0.25) is 0 Å². The van der Waals surface area contributed by atoms with Crippen LogP contribution in [0.25, 0.3) is 5.32 Å². The Bertz CT molecular complexity index is 91.1. The molecule has 0 bridgehead atoms. The van der Waals surface area contributed by atoms with Gasteiger partial charge < -0.3 is 5.32 Å². The Morgan fingerprint density at radius 3 is 2.78 bits per heavy atom. The second-order valence-corrected chi connectivity index (χ2v) is 1.66. The van der Waals surface area contributed by atoms with Gasteiger partial charge in [-0.1, -0.05) is 5.57 Å². The molecule has 0 aliphatic carbocycles. The first kappa shape index (κ1) is 8.46. The third-order valence-corrected chi connectivity index (χ3v) is 0.754. The normalized spacial score (nSPS) is 11.7. The predicted molar refractivity (Wildman–Crippen MR) is 36.0 cm³/mol. The molecule has 3 heteroatoms. The van der Waals surface area contributed by atoms with E-state index in [4.69, 9.17) is 0 Å². The topological polar surface area (TPSA) is 32.6 Å². The van der Waals surface area contributed by atoms with Crippen LogP contribution in [0.15, 0.2) is 11.8 Å². The zero-order valence-electron chi connectivity index (χ0n) is 6.05. The first-order valence-corrected chi connectivity index (χ1v) is 2.71. The van der Waals surface area contributed by atoms with Crippen molar-refractivity contribution in [2.75, 3.05) is 20.8 Å². The van der Waals surface area contributed by atoms with Crippen LogP contribution in [0.4, 0.5) is 0 Å². The molecule has 0 fully saturated rings. The lowest BCUT2D eigenvalue weighted by molar-refractivity contribution is -0.265. The van der Waals surface area contributed by atoms with E-state index < -0.39 is 0 Å². The Balaban J connectivity index is 3.25. The quantitative estimate of drug-likeness (QED) is 0.426. The van der Waals surface area contributed by atoms with E-state index in [0.717, 1.165) is 5.57 Å². The highest BCUT2D eigenvalue weighted by atomic mass is 17.2. The van der Waals surface area contributed by atoms with Crippen LogP contribution in [0, 0.1) is 0 Å². The molecule has 0 N–H and O–H groups in total. The summed E-state index contributed by atoms with van der Waals surface area (Å²) in [5.74, 6) is 0. The van der Waals surface area contributed by atoms with Gasteiger partial charge in [0, 0.05) is 0 Å². The van der Waals surface area contributed by atoms with Crippen LogP contribution in [-0.2, 0) is 9.78 Å². The van der Waals surface area contributed by atoms with Crippen LogP contribution in [0.5, 0.6) is 0 Å². The zero-order valence-corrected chi connectivity index (χ0v) is 6.05. The van der Waals surface area contributed by atoms with E-state index in [9.17, 15) is 0 Å². The van der Waals surface area contributed by atoms with Crippen molar-refractivity contribution in [3.8, 4) is 0 Å². The van der Waals surface area contributed by atoms with Gasteiger partial charge in [-0.25, -0.2) is 9.78 Å². The molecule has 0 spiro atoms. The molecular weight excluding hydrogens is 118 g/mol. The Labute approximate surface area is 55.6 Å². The molecule has 54 valence electrons. The molecule has 0 saturated heterocycles. The minimum atomic E-state index is 0.480. The smallest absolute Gasteiger partial charge is 0.102 e. The third kappa shape index (κ3) is 5.33. The fourth-order valence-electron chi connectivity index (χ4n) is 0.410. The van der Waals surface area contributed by atoms with Crippen molar-refractivity contribution in [2.45, 2.75) is 6.92 Å².